The molecule has 0 spiro atoms. The normalized spacial score (nSPS) is 18.1. The van der Waals surface area contributed by atoms with Gasteiger partial charge in [0.1, 0.15) is 11.5 Å². The van der Waals surface area contributed by atoms with E-state index in [2.05, 4.69) is 0 Å². The van der Waals surface area contributed by atoms with Gasteiger partial charge in [0.2, 0.25) is 0 Å². The number of hydrogen-bond donors (Lipinski definition) is 1. The number of aliphatic hydroxyl groups excluding tert-OH is 1. The number of carbonyl (C=O) groups is 2. The third kappa shape index (κ3) is 4.97. The van der Waals surface area contributed by atoms with Crippen LogP contribution in [0.2, 0.25) is 0 Å². The van der Waals surface area contributed by atoms with Gasteiger partial charge in [-0.15, -0.1) is 0 Å². The lowest BCUT2D eigenvalue weighted by Gasteiger charge is -2.26. The molecule has 0 bridgehead atoms. The Morgan fingerprint density at radius 2 is 1.84 bits per heavy atom. The molecule has 0 aromatic heterocycles. The largest absolute Gasteiger partial charge is 0.507 e. The maximum Gasteiger partial charge on any atom is 0.295 e. The summed E-state index contributed by atoms with van der Waals surface area (Å²) in [6, 6.07) is 13.7. The van der Waals surface area contributed by atoms with Gasteiger partial charge in [-0.25, -0.2) is 0 Å². The summed E-state index contributed by atoms with van der Waals surface area (Å²) in [5.74, 6) is -0.890. The summed E-state index contributed by atoms with van der Waals surface area (Å²) in [6.07, 6.45) is 0.00381. The molecule has 1 saturated heterocycles. The van der Waals surface area contributed by atoms with E-state index < -0.39 is 17.7 Å². The van der Waals surface area contributed by atoms with Gasteiger partial charge >= 0.3 is 0 Å². The van der Waals surface area contributed by atoms with Gasteiger partial charge in [0.25, 0.3) is 11.7 Å². The van der Waals surface area contributed by atoms with Crippen LogP contribution in [0.5, 0.6) is 5.75 Å². The molecular formula is C25H29NO5. The van der Waals surface area contributed by atoms with Crippen LogP contribution >= 0.6 is 0 Å². The summed E-state index contributed by atoms with van der Waals surface area (Å²) in [7, 11) is 0. The molecule has 1 heterocycles. The first-order valence-electron chi connectivity index (χ1n) is 10.5. The molecule has 31 heavy (non-hydrogen) atoms. The number of amides is 1. The zero-order valence-electron chi connectivity index (χ0n) is 18.4. The fourth-order valence-electron chi connectivity index (χ4n) is 3.65. The van der Waals surface area contributed by atoms with Crippen molar-refractivity contribution in [2.75, 3.05) is 19.8 Å². The number of aliphatic hydroxyl groups is 1. The molecule has 1 aliphatic rings. The first kappa shape index (κ1) is 22.6. The highest BCUT2D eigenvalue weighted by Crippen LogP contribution is 2.40. The number of hydrogen-bond acceptors (Lipinski definition) is 5. The van der Waals surface area contributed by atoms with Crippen molar-refractivity contribution < 1.29 is 24.2 Å². The van der Waals surface area contributed by atoms with Gasteiger partial charge in [-0.05, 0) is 45.4 Å². The molecule has 1 atom stereocenters. The average molecular weight is 424 g/mol. The second kappa shape index (κ2) is 9.79. The molecule has 164 valence electrons. The van der Waals surface area contributed by atoms with E-state index in [4.69, 9.17) is 9.47 Å². The Bertz CT molecular complexity index is 978. The lowest BCUT2D eigenvalue weighted by Crippen LogP contribution is -2.33. The minimum Gasteiger partial charge on any atom is -0.507 e. The number of aryl methyl sites for hydroxylation is 1. The smallest absolute Gasteiger partial charge is 0.295 e. The van der Waals surface area contributed by atoms with Gasteiger partial charge in [-0.3, -0.25) is 9.59 Å². The van der Waals surface area contributed by atoms with Crippen LogP contribution in [0.25, 0.3) is 5.76 Å². The van der Waals surface area contributed by atoms with E-state index >= 15 is 0 Å². The van der Waals surface area contributed by atoms with E-state index in [1.165, 1.54) is 4.90 Å². The minimum absolute atomic E-state index is 0.00381. The molecule has 2 aromatic carbocycles. The van der Waals surface area contributed by atoms with Crippen molar-refractivity contribution in [3.63, 3.8) is 0 Å². The van der Waals surface area contributed by atoms with E-state index in [0.29, 0.717) is 23.5 Å². The molecule has 0 aliphatic carbocycles. The number of benzene rings is 2. The van der Waals surface area contributed by atoms with Crippen LogP contribution in [0.15, 0.2) is 54.1 Å². The summed E-state index contributed by atoms with van der Waals surface area (Å²) < 4.78 is 11.2. The molecule has 6 nitrogen and oxygen atoms in total. The SMILES string of the molecule is CCOc1cccc(C2/C(=C(/O)c3ccc(C)cc3)C(=O)C(=O)N2CCOC(C)C)c1. The molecule has 0 radical (unpaired) electrons. The van der Waals surface area contributed by atoms with Crippen LogP contribution in [0.1, 0.15) is 43.5 Å². The topological polar surface area (TPSA) is 76.1 Å². The predicted molar refractivity (Wildman–Crippen MR) is 119 cm³/mol. The van der Waals surface area contributed by atoms with Gasteiger partial charge in [-0.2, -0.15) is 0 Å². The van der Waals surface area contributed by atoms with Gasteiger partial charge < -0.3 is 19.5 Å². The standard InChI is InChI=1S/C25H29NO5/c1-5-30-20-8-6-7-19(15-20)22-21(23(27)18-11-9-17(4)10-12-18)24(28)25(29)26(22)13-14-31-16(2)3/h6-12,15-16,22,27H,5,13-14H2,1-4H3/b23-21-. The monoisotopic (exact) mass is 423 g/mol. The highest BCUT2D eigenvalue weighted by Gasteiger charge is 2.46. The highest BCUT2D eigenvalue weighted by atomic mass is 16.5. The molecule has 1 amide bonds. The van der Waals surface area contributed by atoms with E-state index in [1.807, 2.05) is 58.0 Å². The first-order chi connectivity index (χ1) is 14.8. The number of rotatable bonds is 8. The summed E-state index contributed by atoms with van der Waals surface area (Å²) in [5, 5.41) is 11.1. The fraction of sp³-hybridized carbons (Fsp3) is 0.360. The van der Waals surface area contributed by atoms with Gasteiger partial charge in [-0.1, -0.05) is 42.0 Å². The molecule has 0 saturated carbocycles. The molecule has 6 heteroatoms. The van der Waals surface area contributed by atoms with E-state index in [1.54, 1.807) is 18.2 Å². The lowest BCUT2D eigenvalue weighted by atomic mass is 9.95. The number of nitrogens with zero attached hydrogens (tertiary/aromatic N) is 1. The van der Waals surface area contributed by atoms with Crippen molar-refractivity contribution in [1.82, 2.24) is 4.90 Å². The van der Waals surface area contributed by atoms with Crippen LogP contribution in [0, 0.1) is 6.92 Å². The average Bonchev–Trinajstić information content (AvgIpc) is 2.99. The maximum atomic E-state index is 13.0. The summed E-state index contributed by atoms with van der Waals surface area (Å²) >= 11 is 0. The van der Waals surface area contributed by atoms with Crippen LogP contribution < -0.4 is 4.74 Å². The van der Waals surface area contributed by atoms with Crippen LogP contribution in [-0.2, 0) is 14.3 Å². The van der Waals surface area contributed by atoms with Crippen molar-refractivity contribution in [3.05, 3.63) is 70.8 Å². The quantitative estimate of drug-likeness (QED) is 0.390. The summed E-state index contributed by atoms with van der Waals surface area (Å²) in [4.78, 5) is 27.4. The van der Waals surface area contributed by atoms with Crippen molar-refractivity contribution >= 4 is 17.4 Å². The zero-order valence-corrected chi connectivity index (χ0v) is 18.4. The number of ether oxygens (including phenoxy) is 2. The molecule has 1 unspecified atom stereocenters. The summed E-state index contributed by atoms with van der Waals surface area (Å²) in [5.41, 5.74) is 2.30. The Morgan fingerprint density at radius 3 is 2.48 bits per heavy atom. The number of likely N-dealkylation sites (tertiary alicyclic amines) is 1. The number of carbonyl (C=O) groups excluding carboxylic acids is 2. The molecule has 1 N–H and O–H groups in total. The molecule has 3 rings (SSSR count). The Balaban J connectivity index is 2.09. The van der Waals surface area contributed by atoms with Gasteiger partial charge in [0, 0.05) is 12.1 Å². The third-order valence-electron chi connectivity index (χ3n) is 5.13. The lowest BCUT2D eigenvalue weighted by molar-refractivity contribution is -0.140. The second-order valence-electron chi connectivity index (χ2n) is 7.78. The van der Waals surface area contributed by atoms with Crippen molar-refractivity contribution in [3.8, 4) is 5.75 Å². The first-order valence-corrected chi connectivity index (χ1v) is 10.5. The maximum absolute atomic E-state index is 13.0. The minimum atomic E-state index is -0.725. The van der Waals surface area contributed by atoms with Crippen molar-refractivity contribution in [2.45, 2.75) is 39.8 Å². The Hall–Kier alpha value is -3.12. The van der Waals surface area contributed by atoms with Crippen LogP contribution in [-0.4, -0.2) is 47.6 Å². The Labute approximate surface area is 183 Å². The fourth-order valence-corrected chi connectivity index (χ4v) is 3.65. The number of ketones is 1. The molecule has 1 fully saturated rings. The van der Waals surface area contributed by atoms with Crippen molar-refractivity contribution in [2.24, 2.45) is 0 Å². The Kier molecular flexibility index (Phi) is 7.13. The van der Waals surface area contributed by atoms with Crippen LogP contribution in [0.3, 0.4) is 0 Å². The van der Waals surface area contributed by atoms with Gasteiger partial charge in [0.15, 0.2) is 0 Å². The van der Waals surface area contributed by atoms with Crippen molar-refractivity contribution in [1.29, 1.82) is 0 Å². The van der Waals surface area contributed by atoms with Crippen LogP contribution in [0.4, 0.5) is 0 Å². The Morgan fingerprint density at radius 1 is 1.13 bits per heavy atom. The second-order valence-corrected chi connectivity index (χ2v) is 7.78. The molecule has 1 aliphatic heterocycles. The predicted octanol–water partition coefficient (Wildman–Crippen LogP) is 4.24. The summed E-state index contributed by atoms with van der Waals surface area (Å²) in [6.45, 7) is 8.67. The number of Topliss-reactive ketones (excluding diaryl/α,β-unsaturated/α-hetero) is 1. The third-order valence-corrected chi connectivity index (χ3v) is 5.13. The molecule has 2 aromatic rings. The van der Waals surface area contributed by atoms with E-state index in [0.717, 1.165) is 5.56 Å². The zero-order chi connectivity index (χ0) is 22.5. The van der Waals surface area contributed by atoms with E-state index in [9.17, 15) is 14.7 Å². The van der Waals surface area contributed by atoms with Gasteiger partial charge in [0.05, 0.1) is 30.9 Å². The molecular weight excluding hydrogens is 394 g/mol. The highest BCUT2D eigenvalue weighted by molar-refractivity contribution is 6.46. The van der Waals surface area contributed by atoms with E-state index in [-0.39, 0.29) is 30.6 Å².